The van der Waals surface area contributed by atoms with Gasteiger partial charge >= 0.3 is 18.0 Å². The first kappa shape index (κ1) is 40.2. The van der Waals surface area contributed by atoms with Crippen LogP contribution in [0.15, 0.2) is 79.3 Å². The van der Waals surface area contributed by atoms with Crippen molar-refractivity contribution >= 4 is 55.9 Å². The van der Waals surface area contributed by atoms with Gasteiger partial charge in [0.1, 0.15) is 17.3 Å². The van der Waals surface area contributed by atoms with E-state index in [1.54, 1.807) is 42.4 Å². The topological polar surface area (TPSA) is 136 Å². The second kappa shape index (κ2) is 15.2. The van der Waals surface area contributed by atoms with Crippen molar-refractivity contribution in [1.29, 1.82) is 0 Å². The lowest BCUT2D eigenvalue weighted by Crippen LogP contribution is -2.34. The first-order chi connectivity index (χ1) is 28.5. The number of carbonyl (C=O) groups is 2. The highest BCUT2D eigenvalue weighted by Gasteiger charge is 2.37. The number of amides is 1. The molecule has 6 aromatic heterocycles. The predicted molar refractivity (Wildman–Crippen MR) is 212 cm³/mol. The van der Waals surface area contributed by atoms with E-state index in [1.807, 2.05) is 6.92 Å². The van der Waals surface area contributed by atoms with Gasteiger partial charge < -0.3 is 5.32 Å². The van der Waals surface area contributed by atoms with Gasteiger partial charge in [0, 0.05) is 34.5 Å². The molecule has 1 amide bonds. The zero-order valence-electron chi connectivity index (χ0n) is 31.9. The fourth-order valence-electron chi connectivity index (χ4n) is 6.87. The smallest absolute Gasteiger partial charge is 0.354 e. The molecule has 8 aromatic rings. The van der Waals surface area contributed by atoms with Crippen LogP contribution in [0, 0.1) is 27.7 Å². The van der Waals surface area contributed by atoms with Crippen LogP contribution in [-0.4, -0.2) is 52.5 Å². The molecule has 0 aliphatic heterocycles. The molecule has 0 radical (unpaired) electrons. The van der Waals surface area contributed by atoms with Crippen molar-refractivity contribution in [2.45, 2.75) is 46.6 Å². The summed E-state index contributed by atoms with van der Waals surface area (Å²) in [5.74, 6) is -1.01. The standard InChI is InChI=1S/C40H30F6N10O2S2/c1-20-17-47-37(59-20)48-18-30(57)33-23(4)56(55-16-14-29(51-35(33)55)25-10-6-8-12-27(25)40(44,45)46)19-31-21(2)49-38(60-31)52-36(58)32-22(3)53-54-15-13-28(50-34(32)54)24-9-5-7-11-26(24)39(41,42)43/h5-17H,18-19H2,1-4H3,(H-,47,48,49,52,58)/p+1. The number of ketones is 1. The first-order valence-corrected chi connectivity index (χ1v) is 19.7. The Labute approximate surface area is 344 Å². The van der Waals surface area contributed by atoms with Crippen LogP contribution < -0.4 is 15.1 Å². The van der Waals surface area contributed by atoms with Gasteiger partial charge in [-0.25, -0.2) is 24.1 Å². The highest BCUT2D eigenvalue weighted by molar-refractivity contribution is 7.16. The summed E-state index contributed by atoms with van der Waals surface area (Å²) in [5, 5.41) is 10.9. The molecule has 6 heterocycles. The quantitative estimate of drug-likeness (QED) is 0.0792. The van der Waals surface area contributed by atoms with Gasteiger partial charge in [0.2, 0.25) is 0 Å². The minimum Gasteiger partial charge on any atom is -0.354 e. The number of halogens is 6. The number of anilines is 2. The summed E-state index contributed by atoms with van der Waals surface area (Å²) >= 11 is 2.51. The highest BCUT2D eigenvalue weighted by atomic mass is 32.1. The van der Waals surface area contributed by atoms with Crippen LogP contribution in [-0.2, 0) is 18.9 Å². The molecule has 0 bridgehead atoms. The Bertz CT molecular complexity index is 2980. The monoisotopic (exact) mass is 861 g/mol. The molecule has 20 heteroatoms. The number of Topliss-reactive ketones (excluding diaryl/α,β-unsaturated/α-hetero) is 1. The second-order valence-corrected chi connectivity index (χ2v) is 16.0. The number of rotatable bonds is 10. The number of hydrogen-bond acceptors (Lipinski definition) is 10. The van der Waals surface area contributed by atoms with E-state index in [0.717, 1.165) is 28.3 Å². The molecular weight excluding hydrogens is 831 g/mol. The van der Waals surface area contributed by atoms with E-state index < -0.39 is 29.4 Å². The van der Waals surface area contributed by atoms with E-state index in [0.29, 0.717) is 21.4 Å². The number of hydrogen-bond donors (Lipinski definition) is 2. The van der Waals surface area contributed by atoms with Crippen LogP contribution in [0.4, 0.5) is 36.6 Å². The Kier molecular flexibility index (Phi) is 10.2. The molecule has 2 N–H and O–H groups in total. The largest absolute Gasteiger partial charge is 0.417 e. The third-order valence-corrected chi connectivity index (χ3v) is 11.6. The lowest BCUT2D eigenvalue weighted by atomic mass is 10.0. The summed E-state index contributed by atoms with van der Waals surface area (Å²) in [4.78, 5) is 47.2. The highest BCUT2D eigenvalue weighted by Crippen LogP contribution is 2.38. The number of nitrogens with zero attached hydrogens (tertiary/aromatic N) is 8. The number of nitrogens with one attached hydrogen (secondary N) is 2. The lowest BCUT2D eigenvalue weighted by molar-refractivity contribution is -0.611. The Balaban J connectivity index is 1.13. The van der Waals surface area contributed by atoms with Crippen LogP contribution in [0.1, 0.15) is 58.7 Å². The van der Waals surface area contributed by atoms with Gasteiger partial charge in [0.15, 0.2) is 27.4 Å². The molecule has 0 spiro atoms. The van der Waals surface area contributed by atoms with Gasteiger partial charge in [-0.05, 0) is 56.9 Å². The molecule has 0 atom stereocenters. The van der Waals surface area contributed by atoms with E-state index in [1.165, 1.54) is 70.6 Å². The maximum atomic E-state index is 14.1. The predicted octanol–water partition coefficient (Wildman–Crippen LogP) is 8.78. The Morgan fingerprint density at radius 3 is 2.05 bits per heavy atom. The molecule has 306 valence electrons. The van der Waals surface area contributed by atoms with Crippen LogP contribution in [0.3, 0.4) is 0 Å². The summed E-state index contributed by atoms with van der Waals surface area (Å²) in [6.07, 6.45) is -4.64. The van der Waals surface area contributed by atoms with Gasteiger partial charge in [0.05, 0.1) is 51.9 Å². The van der Waals surface area contributed by atoms with Crippen molar-refractivity contribution < 1.29 is 40.4 Å². The molecule has 0 saturated heterocycles. The molecular formula is C40H31F6N10O2S2+. The van der Waals surface area contributed by atoms with E-state index in [2.05, 4.69) is 35.7 Å². The van der Waals surface area contributed by atoms with Crippen molar-refractivity contribution in [1.82, 2.24) is 34.2 Å². The zero-order valence-corrected chi connectivity index (χ0v) is 33.5. The molecule has 8 rings (SSSR count). The molecule has 0 fully saturated rings. The van der Waals surface area contributed by atoms with Gasteiger partial charge in [0.25, 0.3) is 5.91 Å². The van der Waals surface area contributed by atoms with Crippen LogP contribution >= 0.6 is 22.7 Å². The van der Waals surface area contributed by atoms with Crippen molar-refractivity contribution in [2.75, 3.05) is 17.2 Å². The van der Waals surface area contributed by atoms with Gasteiger partial charge in [-0.2, -0.15) is 31.4 Å². The molecule has 0 aliphatic carbocycles. The average Bonchev–Trinajstić information content (AvgIpc) is 3.95. The van der Waals surface area contributed by atoms with Crippen LogP contribution in [0.5, 0.6) is 0 Å². The number of fused-ring (bicyclic) bond motifs is 2. The van der Waals surface area contributed by atoms with Crippen LogP contribution in [0.2, 0.25) is 0 Å². The van der Waals surface area contributed by atoms with E-state index in [4.69, 9.17) is 0 Å². The summed E-state index contributed by atoms with van der Waals surface area (Å²) in [7, 11) is 0. The van der Waals surface area contributed by atoms with Crippen LogP contribution in [0.25, 0.3) is 33.8 Å². The van der Waals surface area contributed by atoms with Crippen molar-refractivity contribution in [2.24, 2.45) is 0 Å². The fraction of sp³-hybridized carbons (Fsp3) is 0.200. The number of alkyl halides is 6. The average molecular weight is 862 g/mol. The number of carbonyl (C=O) groups excluding carboxylic acids is 2. The van der Waals surface area contributed by atoms with E-state index in [-0.39, 0.29) is 74.6 Å². The first-order valence-electron chi connectivity index (χ1n) is 18.1. The van der Waals surface area contributed by atoms with Crippen molar-refractivity contribution in [3.63, 3.8) is 0 Å². The summed E-state index contributed by atoms with van der Waals surface area (Å²) < 4.78 is 88.4. The SMILES string of the molecule is Cc1cnc(NCC(=O)c2c(C)n(Cc3sc(NC(=O)c4c(C)nn5ccc(-c6ccccc6C(F)(F)F)nc45)nc3C)[n+]3ccc(-c4ccccc4C(F)(F)F)nc23)s1. The van der Waals surface area contributed by atoms with Gasteiger partial charge in [-0.15, -0.1) is 15.9 Å². The zero-order chi connectivity index (χ0) is 42.7. The minimum absolute atomic E-state index is 0.00154. The number of aryl methyl sites for hydroxylation is 3. The van der Waals surface area contributed by atoms with Gasteiger partial charge in [-0.1, -0.05) is 41.7 Å². The molecule has 2 aromatic carbocycles. The maximum absolute atomic E-state index is 14.1. The summed E-state index contributed by atoms with van der Waals surface area (Å²) in [5.41, 5.74) is -0.340. The number of thiazole rings is 2. The number of benzene rings is 2. The molecule has 12 nitrogen and oxygen atoms in total. The fourth-order valence-corrected chi connectivity index (χ4v) is 8.47. The maximum Gasteiger partial charge on any atom is 0.417 e. The normalized spacial score (nSPS) is 12.1. The number of aromatic nitrogens is 8. The van der Waals surface area contributed by atoms with Gasteiger partial charge in [-0.3, -0.25) is 14.9 Å². The minimum atomic E-state index is -4.65. The van der Waals surface area contributed by atoms with E-state index in [9.17, 15) is 35.9 Å². The molecule has 0 aliphatic rings. The Morgan fingerprint density at radius 1 is 0.767 bits per heavy atom. The molecule has 0 saturated carbocycles. The summed E-state index contributed by atoms with van der Waals surface area (Å²) in [6, 6.07) is 12.9. The van der Waals surface area contributed by atoms with Crippen molar-refractivity contribution in [3.05, 3.63) is 128 Å². The molecule has 0 unspecified atom stereocenters. The van der Waals surface area contributed by atoms with E-state index >= 15 is 0 Å². The Hall–Kier alpha value is -6.54. The third-order valence-electron chi connectivity index (χ3n) is 9.66. The van der Waals surface area contributed by atoms with Crippen molar-refractivity contribution in [3.8, 4) is 22.5 Å². The summed E-state index contributed by atoms with van der Waals surface area (Å²) in [6.45, 7) is 6.85. The second-order valence-electron chi connectivity index (χ2n) is 13.7. The lowest BCUT2D eigenvalue weighted by Gasteiger charge is -2.12. The molecule has 60 heavy (non-hydrogen) atoms. The third kappa shape index (κ3) is 7.58. The Morgan fingerprint density at radius 2 is 1.42 bits per heavy atom.